The fourth-order valence-electron chi connectivity index (χ4n) is 2.19. The van der Waals surface area contributed by atoms with E-state index in [9.17, 15) is 18.0 Å². The summed E-state index contributed by atoms with van der Waals surface area (Å²) in [5.41, 5.74) is 0.584. The third-order valence-electron chi connectivity index (χ3n) is 3.30. The molecule has 25 heavy (non-hydrogen) atoms. The second-order valence-corrected chi connectivity index (χ2v) is 5.29. The minimum Gasteiger partial charge on any atom is -0.489 e. The lowest BCUT2D eigenvalue weighted by Crippen LogP contribution is -2.19. The molecule has 2 aromatic carbocycles. The van der Waals surface area contributed by atoms with E-state index < -0.39 is 18.4 Å². The number of ether oxygens (including phenoxy) is 2. The van der Waals surface area contributed by atoms with E-state index in [1.54, 1.807) is 36.4 Å². The van der Waals surface area contributed by atoms with Crippen molar-refractivity contribution in [2.24, 2.45) is 0 Å². The molecule has 0 radical (unpaired) electrons. The zero-order valence-corrected chi connectivity index (χ0v) is 12.9. The quantitative estimate of drug-likeness (QED) is 0.643. The molecule has 0 aliphatic heterocycles. The van der Waals surface area contributed by atoms with Crippen LogP contribution in [0.15, 0.2) is 63.8 Å². The van der Waals surface area contributed by atoms with Crippen molar-refractivity contribution < 1.29 is 27.1 Å². The third kappa shape index (κ3) is 4.76. The minimum absolute atomic E-state index is 0.114. The highest BCUT2D eigenvalue weighted by Gasteiger charge is 2.28. The van der Waals surface area contributed by atoms with Gasteiger partial charge in [-0.2, -0.15) is 13.2 Å². The van der Waals surface area contributed by atoms with Crippen LogP contribution in [-0.4, -0.2) is 12.8 Å². The van der Waals surface area contributed by atoms with Gasteiger partial charge in [-0.25, -0.2) is 4.79 Å². The van der Waals surface area contributed by atoms with Crippen molar-refractivity contribution in [3.8, 4) is 11.5 Å². The number of hydrogen-bond acceptors (Lipinski definition) is 4. The molecule has 1 heterocycles. The Kier molecular flexibility index (Phi) is 4.65. The lowest BCUT2D eigenvalue weighted by Gasteiger charge is -2.11. The maximum Gasteiger partial charge on any atom is 0.422 e. The average molecular weight is 350 g/mol. The van der Waals surface area contributed by atoms with Gasteiger partial charge in [0.25, 0.3) is 0 Å². The van der Waals surface area contributed by atoms with Crippen LogP contribution < -0.4 is 15.1 Å². The first-order chi connectivity index (χ1) is 11.9. The van der Waals surface area contributed by atoms with Crippen LogP contribution >= 0.6 is 0 Å². The SMILES string of the molecule is O=c1ccc2ccc(OCc3cccc(OCC(F)(F)F)c3)cc2o1. The average Bonchev–Trinajstić information content (AvgIpc) is 2.57. The standard InChI is InChI=1S/C18H13F3O4/c19-18(20,21)11-24-14-3-1-2-12(8-14)10-23-15-6-4-13-5-7-17(22)25-16(13)9-15/h1-9H,10-11H2. The van der Waals surface area contributed by atoms with Gasteiger partial charge in [0.1, 0.15) is 23.7 Å². The predicted molar refractivity (Wildman–Crippen MR) is 84.8 cm³/mol. The van der Waals surface area contributed by atoms with Gasteiger partial charge in [-0.15, -0.1) is 0 Å². The molecule has 0 aliphatic rings. The van der Waals surface area contributed by atoms with Gasteiger partial charge in [0.15, 0.2) is 6.61 Å². The van der Waals surface area contributed by atoms with Gasteiger partial charge in [-0.05, 0) is 35.9 Å². The smallest absolute Gasteiger partial charge is 0.422 e. The number of benzene rings is 2. The van der Waals surface area contributed by atoms with Gasteiger partial charge in [-0.3, -0.25) is 0 Å². The van der Waals surface area contributed by atoms with Crippen LogP contribution in [0.2, 0.25) is 0 Å². The van der Waals surface area contributed by atoms with Crippen LogP contribution in [-0.2, 0) is 6.61 Å². The van der Waals surface area contributed by atoms with E-state index >= 15 is 0 Å². The van der Waals surface area contributed by atoms with Gasteiger partial charge >= 0.3 is 11.8 Å². The molecular formula is C18H13F3O4. The minimum atomic E-state index is -4.39. The Hall–Kier alpha value is -2.96. The molecular weight excluding hydrogens is 337 g/mol. The van der Waals surface area contributed by atoms with Crippen molar-refractivity contribution in [2.75, 3.05) is 6.61 Å². The maximum absolute atomic E-state index is 12.2. The van der Waals surface area contributed by atoms with E-state index in [1.165, 1.54) is 18.2 Å². The molecule has 0 saturated carbocycles. The molecule has 0 N–H and O–H groups in total. The molecule has 3 rings (SSSR count). The molecule has 7 heteroatoms. The summed E-state index contributed by atoms with van der Waals surface area (Å²) in [6.07, 6.45) is -4.39. The molecule has 0 unspecified atom stereocenters. The second-order valence-electron chi connectivity index (χ2n) is 5.29. The van der Waals surface area contributed by atoms with E-state index in [0.717, 1.165) is 5.39 Å². The summed E-state index contributed by atoms with van der Waals surface area (Å²) in [5.74, 6) is 0.589. The van der Waals surface area contributed by atoms with E-state index in [-0.39, 0.29) is 12.4 Å². The van der Waals surface area contributed by atoms with Gasteiger partial charge < -0.3 is 13.9 Å². The first-order valence-electron chi connectivity index (χ1n) is 7.34. The number of fused-ring (bicyclic) bond motifs is 1. The Morgan fingerprint density at radius 2 is 1.68 bits per heavy atom. The highest BCUT2D eigenvalue weighted by molar-refractivity contribution is 5.77. The van der Waals surface area contributed by atoms with Crippen molar-refractivity contribution in [3.05, 3.63) is 70.6 Å². The number of alkyl halides is 3. The lowest BCUT2D eigenvalue weighted by atomic mass is 10.2. The van der Waals surface area contributed by atoms with Crippen molar-refractivity contribution >= 4 is 11.0 Å². The van der Waals surface area contributed by atoms with Crippen LogP contribution in [0.5, 0.6) is 11.5 Å². The Morgan fingerprint density at radius 3 is 2.48 bits per heavy atom. The Balaban J connectivity index is 1.68. The van der Waals surface area contributed by atoms with Gasteiger partial charge in [0.05, 0.1) is 0 Å². The van der Waals surface area contributed by atoms with Crippen molar-refractivity contribution in [2.45, 2.75) is 12.8 Å². The molecule has 4 nitrogen and oxygen atoms in total. The topological polar surface area (TPSA) is 48.7 Å². The van der Waals surface area contributed by atoms with E-state index in [2.05, 4.69) is 0 Å². The Morgan fingerprint density at radius 1 is 0.920 bits per heavy atom. The Labute approximate surface area is 140 Å². The highest BCUT2D eigenvalue weighted by atomic mass is 19.4. The highest BCUT2D eigenvalue weighted by Crippen LogP contribution is 2.22. The van der Waals surface area contributed by atoms with Gasteiger partial charge in [0, 0.05) is 17.5 Å². The lowest BCUT2D eigenvalue weighted by molar-refractivity contribution is -0.153. The Bertz CT molecular complexity index is 931. The first-order valence-corrected chi connectivity index (χ1v) is 7.34. The van der Waals surface area contributed by atoms with Crippen LogP contribution in [0, 0.1) is 0 Å². The van der Waals surface area contributed by atoms with E-state index in [1.807, 2.05) is 0 Å². The molecule has 0 fully saturated rings. The monoisotopic (exact) mass is 350 g/mol. The van der Waals surface area contributed by atoms with Gasteiger partial charge in [0.2, 0.25) is 0 Å². The fourth-order valence-corrected chi connectivity index (χ4v) is 2.19. The van der Waals surface area contributed by atoms with Crippen molar-refractivity contribution in [3.63, 3.8) is 0 Å². The zero-order valence-electron chi connectivity index (χ0n) is 12.9. The van der Waals surface area contributed by atoms with E-state index in [0.29, 0.717) is 16.9 Å². The van der Waals surface area contributed by atoms with Crippen LogP contribution in [0.25, 0.3) is 11.0 Å². The van der Waals surface area contributed by atoms with Crippen LogP contribution in [0.3, 0.4) is 0 Å². The maximum atomic E-state index is 12.2. The fraction of sp³-hybridized carbons (Fsp3) is 0.167. The molecule has 0 spiro atoms. The largest absolute Gasteiger partial charge is 0.489 e. The molecule has 3 aromatic rings. The second kappa shape index (κ2) is 6.88. The van der Waals surface area contributed by atoms with Gasteiger partial charge in [-0.1, -0.05) is 12.1 Å². The normalized spacial score (nSPS) is 11.5. The van der Waals surface area contributed by atoms with Crippen LogP contribution in [0.4, 0.5) is 13.2 Å². The molecule has 0 atom stereocenters. The molecule has 0 bridgehead atoms. The summed E-state index contributed by atoms with van der Waals surface area (Å²) in [6, 6.07) is 14.2. The summed E-state index contributed by atoms with van der Waals surface area (Å²) < 4.78 is 51.9. The number of rotatable bonds is 5. The molecule has 0 saturated heterocycles. The summed E-state index contributed by atoms with van der Waals surface area (Å²) in [6.45, 7) is -1.22. The number of hydrogen-bond donors (Lipinski definition) is 0. The van der Waals surface area contributed by atoms with Crippen LogP contribution in [0.1, 0.15) is 5.56 Å². The predicted octanol–water partition coefficient (Wildman–Crippen LogP) is 4.31. The molecule has 0 amide bonds. The van der Waals surface area contributed by atoms with Crippen molar-refractivity contribution in [1.82, 2.24) is 0 Å². The molecule has 1 aromatic heterocycles. The zero-order chi connectivity index (χ0) is 17.9. The summed E-state index contributed by atoms with van der Waals surface area (Å²) >= 11 is 0. The third-order valence-corrected chi connectivity index (χ3v) is 3.30. The van der Waals surface area contributed by atoms with Crippen molar-refractivity contribution in [1.29, 1.82) is 0 Å². The molecule has 0 aliphatic carbocycles. The summed E-state index contributed by atoms with van der Waals surface area (Å²) in [5, 5.41) is 0.759. The summed E-state index contributed by atoms with van der Waals surface area (Å²) in [7, 11) is 0. The van der Waals surface area contributed by atoms with E-state index in [4.69, 9.17) is 13.9 Å². The molecule has 130 valence electrons. The summed E-state index contributed by atoms with van der Waals surface area (Å²) in [4.78, 5) is 11.2. The number of halogens is 3. The first kappa shape index (κ1) is 16.9.